The van der Waals surface area contributed by atoms with Crippen LogP contribution in [0.25, 0.3) is 0 Å². The van der Waals surface area contributed by atoms with Crippen molar-refractivity contribution in [1.29, 1.82) is 0 Å². The molecule has 3 aromatic rings. The molecule has 1 aromatic heterocycles. The number of sulfone groups is 1. The summed E-state index contributed by atoms with van der Waals surface area (Å²) in [7, 11) is -8.57. The second kappa shape index (κ2) is 10.9. The molecule has 42 heavy (non-hydrogen) atoms. The summed E-state index contributed by atoms with van der Waals surface area (Å²) in [6.45, 7) is 0. The lowest BCUT2D eigenvalue weighted by atomic mass is 9.80. The topological polar surface area (TPSA) is 93.2 Å². The molecule has 1 heterocycles. The predicted molar refractivity (Wildman–Crippen MR) is 133 cm³/mol. The van der Waals surface area contributed by atoms with Gasteiger partial charge in [-0.2, -0.15) is 26.3 Å². The van der Waals surface area contributed by atoms with E-state index in [1.165, 1.54) is 18.3 Å². The van der Waals surface area contributed by atoms with Crippen LogP contribution in [0.4, 0.5) is 35.1 Å². The molecule has 0 saturated heterocycles. The fraction of sp³-hybridized carbons (Fsp3) is 0.346. The number of hydrogen-bond acceptors (Lipinski definition) is 5. The highest BCUT2D eigenvalue weighted by atomic mass is 32.2. The molecule has 0 unspecified atom stereocenters. The highest BCUT2D eigenvalue weighted by molar-refractivity contribution is 7.92. The zero-order valence-electron chi connectivity index (χ0n) is 21.3. The smallest absolute Gasteiger partial charge is 0.263 e. The minimum Gasteiger partial charge on any atom is -0.263 e. The van der Waals surface area contributed by atoms with Gasteiger partial charge < -0.3 is 0 Å². The molecule has 0 aliphatic heterocycles. The number of alkyl halides is 7. The minimum absolute atomic E-state index is 0.111. The number of nitrogens with one attached hydrogen (secondary N) is 1. The van der Waals surface area contributed by atoms with E-state index in [2.05, 4.69) is 9.71 Å². The zero-order chi connectivity index (χ0) is 31.2. The van der Waals surface area contributed by atoms with Gasteiger partial charge in [0, 0.05) is 24.0 Å². The Labute approximate surface area is 235 Å². The zero-order valence-corrected chi connectivity index (χ0v) is 22.9. The molecule has 0 amide bonds. The van der Waals surface area contributed by atoms with Crippen LogP contribution in [0.5, 0.6) is 0 Å². The lowest BCUT2D eigenvalue weighted by Gasteiger charge is -2.40. The van der Waals surface area contributed by atoms with Gasteiger partial charge in [0.15, 0.2) is 9.84 Å². The maximum atomic E-state index is 14.6. The summed E-state index contributed by atoms with van der Waals surface area (Å²) in [5.41, 5.74) is -7.75. The first-order valence-electron chi connectivity index (χ1n) is 12.2. The van der Waals surface area contributed by atoms with E-state index in [1.54, 1.807) is 0 Å². The van der Waals surface area contributed by atoms with Crippen molar-refractivity contribution in [3.8, 4) is 0 Å². The number of rotatable bonds is 7. The molecule has 0 spiro atoms. The summed E-state index contributed by atoms with van der Waals surface area (Å²) in [5, 5.41) is 0. The van der Waals surface area contributed by atoms with Gasteiger partial charge in [0.05, 0.1) is 4.90 Å². The molecule has 1 N–H and O–H groups in total. The Hall–Kier alpha value is -3.11. The average Bonchev–Trinajstić information content (AvgIpc) is 2.92. The first-order valence-corrected chi connectivity index (χ1v) is 15.2. The molecule has 1 aliphatic rings. The summed E-state index contributed by atoms with van der Waals surface area (Å²) < 4.78 is 162. The standard InChI is InChI=1S/C26H22F8N2O4S2/c27-19-7-9-21(10-8-19)41(37,38)23(13-11-20(12-14-23)36-42(39,40)22-2-1-15-35-16-22)17-3-5-18(6-4-17)24(28,25(29,30)31)26(32,33)34/h1-10,15-16,20,36H,11-14H2. The molecule has 6 nitrogen and oxygen atoms in total. The highest BCUT2D eigenvalue weighted by Crippen LogP contribution is 2.54. The molecular formula is C26H22F8N2O4S2. The van der Waals surface area contributed by atoms with Crippen molar-refractivity contribution in [3.05, 3.63) is 90.0 Å². The van der Waals surface area contributed by atoms with Gasteiger partial charge in [0.1, 0.15) is 15.5 Å². The molecule has 0 atom stereocenters. The lowest BCUT2D eigenvalue weighted by molar-refractivity contribution is -0.348. The molecule has 1 fully saturated rings. The lowest BCUT2D eigenvalue weighted by Crippen LogP contribution is -2.50. The fourth-order valence-corrected chi connectivity index (χ4v) is 8.47. The van der Waals surface area contributed by atoms with Crippen LogP contribution < -0.4 is 4.72 Å². The number of pyridine rings is 1. The van der Waals surface area contributed by atoms with Gasteiger partial charge in [-0.3, -0.25) is 4.98 Å². The van der Waals surface area contributed by atoms with Crippen molar-refractivity contribution in [2.24, 2.45) is 0 Å². The van der Waals surface area contributed by atoms with Crippen molar-refractivity contribution in [2.75, 3.05) is 0 Å². The van der Waals surface area contributed by atoms with Gasteiger partial charge in [0.25, 0.3) is 0 Å². The number of benzene rings is 2. The van der Waals surface area contributed by atoms with Crippen molar-refractivity contribution in [2.45, 2.75) is 64.3 Å². The Morgan fingerprint density at radius 2 is 1.31 bits per heavy atom. The van der Waals surface area contributed by atoms with E-state index in [9.17, 15) is 52.0 Å². The molecule has 0 bridgehead atoms. The minimum atomic E-state index is -6.37. The average molecular weight is 643 g/mol. The summed E-state index contributed by atoms with van der Waals surface area (Å²) >= 11 is 0. The van der Waals surface area contributed by atoms with Crippen LogP contribution in [-0.4, -0.2) is 40.2 Å². The van der Waals surface area contributed by atoms with Gasteiger partial charge in [0.2, 0.25) is 10.0 Å². The van der Waals surface area contributed by atoms with Crippen LogP contribution in [0, 0.1) is 5.82 Å². The monoisotopic (exact) mass is 642 g/mol. The molecule has 4 rings (SSSR count). The maximum Gasteiger partial charge on any atom is 0.435 e. The van der Waals surface area contributed by atoms with Gasteiger partial charge in [-0.1, -0.05) is 24.3 Å². The van der Waals surface area contributed by atoms with Crippen molar-refractivity contribution >= 4 is 19.9 Å². The predicted octanol–water partition coefficient (Wildman–Crippen LogP) is 6.10. The summed E-state index contributed by atoms with van der Waals surface area (Å²) in [6, 6.07) is 7.35. The van der Waals surface area contributed by atoms with E-state index in [1.807, 2.05) is 0 Å². The normalized spacial score (nSPS) is 20.8. The van der Waals surface area contributed by atoms with E-state index >= 15 is 0 Å². The molecular weight excluding hydrogens is 620 g/mol. The molecule has 1 aliphatic carbocycles. The third kappa shape index (κ3) is 5.51. The Morgan fingerprint density at radius 3 is 1.79 bits per heavy atom. The maximum absolute atomic E-state index is 14.6. The van der Waals surface area contributed by atoms with E-state index in [0.717, 1.165) is 30.5 Å². The van der Waals surface area contributed by atoms with Crippen LogP contribution in [0.1, 0.15) is 36.8 Å². The third-order valence-corrected chi connectivity index (χ3v) is 11.4. The van der Waals surface area contributed by atoms with E-state index < -0.39 is 60.1 Å². The first-order chi connectivity index (χ1) is 19.3. The van der Waals surface area contributed by atoms with Crippen LogP contribution in [-0.2, 0) is 30.3 Å². The van der Waals surface area contributed by atoms with Gasteiger partial charge in [-0.25, -0.2) is 30.3 Å². The fourth-order valence-electron chi connectivity index (χ4n) is 5.04. The highest BCUT2D eigenvalue weighted by Gasteiger charge is 2.73. The number of nitrogens with zero attached hydrogens (tertiary/aromatic N) is 1. The van der Waals surface area contributed by atoms with Gasteiger partial charge in [-0.05, 0) is 67.6 Å². The Morgan fingerprint density at radius 1 is 0.762 bits per heavy atom. The molecule has 228 valence electrons. The van der Waals surface area contributed by atoms with Gasteiger partial charge >= 0.3 is 18.0 Å². The number of halogens is 8. The van der Waals surface area contributed by atoms with E-state index in [0.29, 0.717) is 12.1 Å². The van der Waals surface area contributed by atoms with Crippen LogP contribution in [0.2, 0.25) is 0 Å². The van der Waals surface area contributed by atoms with Crippen LogP contribution in [0.3, 0.4) is 0 Å². The van der Waals surface area contributed by atoms with Crippen molar-refractivity contribution < 1.29 is 52.0 Å². The molecule has 1 saturated carbocycles. The SMILES string of the molecule is O=S(=O)(NC1CCC(c2ccc(C(F)(C(F)(F)F)C(F)(F)F)cc2)(S(=O)(=O)c2ccc(F)cc2)CC1)c1cccnc1. The molecule has 2 aromatic carbocycles. The summed E-state index contributed by atoms with van der Waals surface area (Å²) in [4.78, 5) is 3.21. The second-order valence-electron chi connectivity index (χ2n) is 9.77. The quantitative estimate of drug-likeness (QED) is 0.249. The summed E-state index contributed by atoms with van der Waals surface area (Å²) in [5.74, 6) is -0.764. The number of hydrogen-bond donors (Lipinski definition) is 1. The second-order valence-corrected chi connectivity index (χ2v) is 13.7. The molecule has 16 heteroatoms. The molecule has 0 radical (unpaired) electrons. The Bertz CT molecular complexity index is 1600. The van der Waals surface area contributed by atoms with E-state index in [4.69, 9.17) is 0 Å². The first kappa shape index (κ1) is 31.8. The van der Waals surface area contributed by atoms with Crippen molar-refractivity contribution in [3.63, 3.8) is 0 Å². The Kier molecular flexibility index (Phi) is 8.23. The number of sulfonamides is 1. The third-order valence-electron chi connectivity index (χ3n) is 7.29. The van der Waals surface area contributed by atoms with Gasteiger partial charge in [-0.15, -0.1) is 0 Å². The number of aromatic nitrogens is 1. The van der Waals surface area contributed by atoms with Crippen LogP contribution >= 0.6 is 0 Å². The van der Waals surface area contributed by atoms with Crippen molar-refractivity contribution in [1.82, 2.24) is 9.71 Å². The van der Waals surface area contributed by atoms with Crippen LogP contribution in [0.15, 0.2) is 82.8 Å². The Balaban J connectivity index is 1.75. The van der Waals surface area contributed by atoms with E-state index in [-0.39, 0.29) is 53.2 Å². The summed E-state index contributed by atoms with van der Waals surface area (Å²) in [6.07, 6.45) is -11.2. The largest absolute Gasteiger partial charge is 0.435 e.